The second kappa shape index (κ2) is 7.58. The highest BCUT2D eigenvalue weighted by Crippen LogP contribution is 2.25. The molecule has 1 aliphatic heterocycles. The van der Waals surface area contributed by atoms with E-state index in [0.717, 1.165) is 48.7 Å². The summed E-state index contributed by atoms with van der Waals surface area (Å²) >= 11 is 0. The van der Waals surface area contributed by atoms with Crippen LogP contribution in [0, 0.1) is 0 Å². The first-order valence-electron chi connectivity index (χ1n) is 9.69. The monoisotopic (exact) mass is 354 g/mol. The van der Waals surface area contributed by atoms with Crippen LogP contribution in [-0.2, 0) is 22.5 Å². The molecular weight excluding hydrogens is 328 g/mol. The van der Waals surface area contributed by atoms with Crippen LogP contribution in [0.5, 0.6) is 0 Å². The number of anilines is 1. The van der Waals surface area contributed by atoms with Gasteiger partial charge in [-0.25, -0.2) is 0 Å². The van der Waals surface area contributed by atoms with Crippen molar-refractivity contribution in [2.24, 2.45) is 0 Å². The van der Waals surface area contributed by atoms with Gasteiger partial charge in [0.1, 0.15) is 11.9 Å². The minimum Gasteiger partial charge on any atom is -0.365 e. The zero-order chi connectivity index (χ0) is 17.9. The lowest BCUT2D eigenvalue weighted by molar-refractivity contribution is -0.129. The highest BCUT2D eigenvalue weighted by molar-refractivity contribution is 5.94. The van der Waals surface area contributed by atoms with Crippen molar-refractivity contribution in [2.45, 2.75) is 70.6 Å². The second-order valence-corrected chi connectivity index (χ2v) is 7.30. The molecule has 1 aromatic carbocycles. The van der Waals surface area contributed by atoms with Crippen LogP contribution in [0.1, 0.15) is 51.3 Å². The number of aryl methyl sites for hydroxylation is 1. The summed E-state index contributed by atoms with van der Waals surface area (Å²) in [7, 11) is 0. The molecule has 1 saturated carbocycles. The van der Waals surface area contributed by atoms with E-state index >= 15 is 0 Å². The van der Waals surface area contributed by atoms with Crippen LogP contribution >= 0.6 is 0 Å². The van der Waals surface area contributed by atoms with Gasteiger partial charge in [-0.05, 0) is 56.9 Å². The Morgan fingerprint density at radius 2 is 1.92 bits per heavy atom. The minimum absolute atomic E-state index is 0.0930. The maximum Gasteiger partial charge on any atom is 0.253 e. The van der Waals surface area contributed by atoms with Gasteiger partial charge in [0.05, 0.1) is 6.10 Å². The molecule has 1 unspecified atom stereocenters. The van der Waals surface area contributed by atoms with Crippen molar-refractivity contribution in [1.82, 2.24) is 14.8 Å². The number of aromatic nitrogens is 3. The summed E-state index contributed by atoms with van der Waals surface area (Å²) in [5.41, 5.74) is 1.80. The third kappa shape index (κ3) is 3.65. The van der Waals surface area contributed by atoms with Crippen molar-refractivity contribution in [2.75, 3.05) is 5.32 Å². The van der Waals surface area contributed by atoms with Gasteiger partial charge < -0.3 is 14.6 Å². The molecule has 2 aromatic rings. The van der Waals surface area contributed by atoms with E-state index in [2.05, 4.69) is 20.1 Å². The molecular formula is C20H26N4O2. The Balaban J connectivity index is 1.39. The number of nitrogens with zero attached hydrogens (tertiary/aromatic N) is 3. The van der Waals surface area contributed by atoms with Crippen molar-refractivity contribution < 1.29 is 9.53 Å². The normalized spacial score (nSPS) is 18.5. The van der Waals surface area contributed by atoms with Gasteiger partial charge >= 0.3 is 0 Å². The summed E-state index contributed by atoms with van der Waals surface area (Å²) in [6.07, 6.45) is 7.69. The van der Waals surface area contributed by atoms with Crippen LogP contribution in [0.3, 0.4) is 0 Å². The Kier molecular flexibility index (Phi) is 5.02. The molecule has 0 bridgehead atoms. The van der Waals surface area contributed by atoms with E-state index in [1.165, 1.54) is 25.7 Å². The molecule has 6 nitrogen and oxygen atoms in total. The summed E-state index contributed by atoms with van der Waals surface area (Å²) in [6.45, 7) is 2.80. The van der Waals surface area contributed by atoms with Crippen molar-refractivity contribution in [3.8, 4) is 11.4 Å². The number of benzene rings is 1. The Bertz CT molecular complexity index is 763. The van der Waals surface area contributed by atoms with Gasteiger partial charge in [0, 0.05) is 24.2 Å². The molecule has 0 spiro atoms. The Morgan fingerprint density at radius 3 is 2.69 bits per heavy atom. The van der Waals surface area contributed by atoms with E-state index in [9.17, 15) is 4.79 Å². The lowest BCUT2D eigenvalue weighted by Gasteiger charge is -2.18. The van der Waals surface area contributed by atoms with E-state index in [1.54, 1.807) is 0 Å². The first-order valence-corrected chi connectivity index (χ1v) is 9.69. The zero-order valence-electron chi connectivity index (χ0n) is 15.3. The number of hydrogen-bond acceptors (Lipinski definition) is 4. The van der Waals surface area contributed by atoms with Gasteiger partial charge in [-0.1, -0.05) is 12.8 Å². The van der Waals surface area contributed by atoms with Crippen LogP contribution in [0.4, 0.5) is 5.69 Å². The SMILES string of the molecule is CC(OC1CCCC1)C(=O)Nc1ccc(-c2nnc3n2CCCC3)cc1. The molecule has 1 aliphatic carbocycles. The predicted octanol–water partition coefficient (Wildman–Crippen LogP) is 3.57. The fourth-order valence-corrected chi connectivity index (χ4v) is 3.84. The maximum absolute atomic E-state index is 12.3. The molecule has 0 radical (unpaired) electrons. The topological polar surface area (TPSA) is 69.0 Å². The summed E-state index contributed by atoms with van der Waals surface area (Å²) in [5.74, 6) is 1.89. The second-order valence-electron chi connectivity index (χ2n) is 7.30. The summed E-state index contributed by atoms with van der Waals surface area (Å²) in [6, 6.07) is 7.81. The predicted molar refractivity (Wildman–Crippen MR) is 99.8 cm³/mol. The quantitative estimate of drug-likeness (QED) is 0.891. The molecule has 1 amide bonds. The van der Waals surface area contributed by atoms with Gasteiger partial charge in [0.25, 0.3) is 5.91 Å². The molecule has 2 heterocycles. The van der Waals surface area contributed by atoms with Crippen LogP contribution in [0.25, 0.3) is 11.4 Å². The largest absolute Gasteiger partial charge is 0.365 e. The number of ether oxygens (including phenoxy) is 1. The number of hydrogen-bond donors (Lipinski definition) is 1. The first kappa shape index (κ1) is 17.2. The number of rotatable bonds is 5. The molecule has 1 fully saturated rings. The highest BCUT2D eigenvalue weighted by atomic mass is 16.5. The van der Waals surface area contributed by atoms with Crippen LogP contribution in [0.15, 0.2) is 24.3 Å². The van der Waals surface area contributed by atoms with E-state index < -0.39 is 6.10 Å². The molecule has 26 heavy (non-hydrogen) atoms. The molecule has 6 heteroatoms. The summed E-state index contributed by atoms with van der Waals surface area (Å²) in [5, 5.41) is 11.6. The molecule has 2 aliphatic rings. The third-order valence-electron chi connectivity index (χ3n) is 5.34. The van der Waals surface area contributed by atoms with Crippen molar-refractivity contribution in [1.29, 1.82) is 0 Å². The number of fused-ring (bicyclic) bond motifs is 1. The van der Waals surface area contributed by atoms with E-state index in [1.807, 2.05) is 31.2 Å². The summed E-state index contributed by atoms with van der Waals surface area (Å²) < 4.78 is 8.06. The van der Waals surface area contributed by atoms with Gasteiger partial charge in [0.2, 0.25) is 0 Å². The Labute approximate surface area is 154 Å². The van der Waals surface area contributed by atoms with Gasteiger partial charge in [-0.3, -0.25) is 4.79 Å². The van der Waals surface area contributed by atoms with Crippen molar-refractivity contribution in [3.05, 3.63) is 30.1 Å². The Hall–Kier alpha value is -2.21. The van der Waals surface area contributed by atoms with Crippen LogP contribution < -0.4 is 5.32 Å². The number of carbonyl (C=O) groups excluding carboxylic acids is 1. The highest BCUT2D eigenvalue weighted by Gasteiger charge is 2.22. The van der Waals surface area contributed by atoms with Gasteiger partial charge in [-0.15, -0.1) is 10.2 Å². The van der Waals surface area contributed by atoms with Crippen LogP contribution in [0.2, 0.25) is 0 Å². The fraction of sp³-hybridized carbons (Fsp3) is 0.550. The van der Waals surface area contributed by atoms with E-state index in [0.29, 0.717) is 0 Å². The zero-order valence-corrected chi connectivity index (χ0v) is 15.3. The van der Waals surface area contributed by atoms with Crippen molar-refractivity contribution in [3.63, 3.8) is 0 Å². The first-order chi connectivity index (χ1) is 12.7. The lowest BCUT2D eigenvalue weighted by atomic mass is 10.1. The number of carbonyl (C=O) groups is 1. The molecule has 1 aromatic heterocycles. The average Bonchev–Trinajstić information content (AvgIpc) is 3.32. The molecule has 1 N–H and O–H groups in total. The average molecular weight is 354 g/mol. The van der Waals surface area contributed by atoms with Crippen LogP contribution in [-0.4, -0.2) is 32.9 Å². The molecule has 138 valence electrons. The fourth-order valence-electron chi connectivity index (χ4n) is 3.84. The lowest BCUT2D eigenvalue weighted by Crippen LogP contribution is -2.30. The molecule has 1 atom stereocenters. The standard InChI is InChI=1S/C20H26N4O2/c1-14(26-17-6-2-3-7-17)20(25)21-16-11-9-15(10-12-16)19-23-22-18-8-4-5-13-24(18)19/h9-12,14,17H,2-8,13H2,1H3,(H,21,25). The molecule has 4 rings (SSSR count). The smallest absolute Gasteiger partial charge is 0.253 e. The van der Waals surface area contributed by atoms with Gasteiger partial charge in [-0.2, -0.15) is 0 Å². The van der Waals surface area contributed by atoms with Gasteiger partial charge in [0.15, 0.2) is 5.82 Å². The third-order valence-corrected chi connectivity index (χ3v) is 5.34. The van der Waals surface area contributed by atoms with E-state index in [-0.39, 0.29) is 12.0 Å². The molecule has 0 saturated heterocycles. The number of amides is 1. The van der Waals surface area contributed by atoms with E-state index in [4.69, 9.17) is 4.74 Å². The van der Waals surface area contributed by atoms with Crippen molar-refractivity contribution >= 4 is 11.6 Å². The minimum atomic E-state index is -0.429. The summed E-state index contributed by atoms with van der Waals surface area (Å²) in [4.78, 5) is 12.3. The number of nitrogens with one attached hydrogen (secondary N) is 1. The Morgan fingerprint density at radius 1 is 1.15 bits per heavy atom. The maximum atomic E-state index is 12.3.